The number of carbonyl (C=O) groups excluding carboxylic acids is 1. The minimum Gasteiger partial charge on any atom is -0.388 e. The molecule has 2 fully saturated rings. The molecule has 1 atom stereocenters. The zero-order chi connectivity index (χ0) is 29.6. The third kappa shape index (κ3) is 5.72. The molecule has 1 amide bonds. The fraction of sp³-hybridized carbons (Fsp3) is 0.387. The number of piperidine rings is 1. The number of carbonyl (C=O) groups is 1. The van der Waals surface area contributed by atoms with E-state index in [1.807, 2.05) is 24.3 Å². The van der Waals surface area contributed by atoms with Crippen LogP contribution in [0.4, 0.5) is 0 Å². The number of morpholine rings is 1. The molecular formula is C31H33Cl2N5O4. The average molecular weight is 611 g/mol. The van der Waals surface area contributed by atoms with Gasteiger partial charge in [0, 0.05) is 35.9 Å². The first-order chi connectivity index (χ1) is 20.0. The van der Waals surface area contributed by atoms with E-state index < -0.39 is 5.60 Å². The standard InChI is InChI=1S/C31H33Cl2N5O4/c1-30(2)17-34-25(16-42-30)20-5-9-23(10-6-20)38-26(33)15-24-27(38)35-19-37(29(24)40)18-31(41)11-13-36(14-12-31)28(39)21-3-7-22(32)8-4-21/h3-10,15,19,25,34,41H,11-14,16-18H2,1-2H3/t25-/m1/s1. The SMILES string of the molecule is CC1(C)CN[C@@H](c2ccc(-n3c(Cl)cc4c(=O)n(CC5(O)CCN(C(=O)c6ccc(Cl)cc6)CC5)cnc43)cc2)CO1. The summed E-state index contributed by atoms with van der Waals surface area (Å²) < 4.78 is 9.14. The van der Waals surface area contributed by atoms with E-state index in [2.05, 4.69) is 24.1 Å². The predicted octanol–water partition coefficient (Wildman–Crippen LogP) is 4.60. The molecule has 9 nitrogen and oxygen atoms in total. The van der Waals surface area contributed by atoms with Gasteiger partial charge in [0.25, 0.3) is 11.5 Å². The van der Waals surface area contributed by atoms with Crippen LogP contribution < -0.4 is 10.9 Å². The van der Waals surface area contributed by atoms with Gasteiger partial charge in [0.15, 0.2) is 5.65 Å². The number of nitrogens with one attached hydrogen (secondary N) is 1. The maximum absolute atomic E-state index is 13.5. The number of hydrogen-bond acceptors (Lipinski definition) is 6. The van der Waals surface area contributed by atoms with Gasteiger partial charge in [-0.1, -0.05) is 35.3 Å². The molecular weight excluding hydrogens is 577 g/mol. The van der Waals surface area contributed by atoms with Crippen molar-refractivity contribution in [2.24, 2.45) is 0 Å². The van der Waals surface area contributed by atoms with Crippen molar-refractivity contribution in [1.29, 1.82) is 0 Å². The van der Waals surface area contributed by atoms with Crippen LogP contribution in [0.2, 0.25) is 10.2 Å². The molecule has 0 unspecified atom stereocenters. The molecule has 2 N–H and O–H groups in total. The van der Waals surface area contributed by atoms with Crippen LogP contribution in [0.3, 0.4) is 0 Å². The van der Waals surface area contributed by atoms with Crippen molar-refractivity contribution in [3.05, 3.63) is 92.6 Å². The van der Waals surface area contributed by atoms with E-state index in [4.69, 9.17) is 27.9 Å². The quantitative estimate of drug-likeness (QED) is 0.343. The molecule has 2 aliphatic rings. The summed E-state index contributed by atoms with van der Waals surface area (Å²) in [5.74, 6) is -0.106. The van der Waals surface area contributed by atoms with E-state index in [9.17, 15) is 14.7 Å². The molecule has 42 heavy (non-hydrogen) atoms. The van der Waals surface area contributed by atoms with Gasteiger partial charge in [-0.05, 0) is 74.7 Å². The van der Waals surface area contributed by atoms with Gasteiger partial charge in [0.2, 0.25) is 0 Å². The number of fused-ring (bicyclic) bond motifs is 1. The fourth-order valence-corrected chi connectivity index (χ4v) is 6.09. The minimum atomic E-state index is -1.15. The summed E-state index contributed by atoms with van der Waals surface area (Å²) in [6, 6.07) is 16.4. The highest BCUT2D eigenvalue weighted by molar-refractivity contribution is 6.31. The summed E-state index contributed by atoms with van der Waals surface area (Å²) in [6.45, 7) is 6.30. The molecule has 0 bridgehead atoms. The Hall–Kier alpha value is -3.21. The smallest absolute Gasteiger partial charge is 0.262 e. The molecule has 2 aromatic carbocycles. The predicted molar refractivity (Wildman–Crippen MR) is 163 cm³/mol. The third-order valence-electron chi connectivity index (χ3n) is 8.25. The fourth-order valence-electron chi connectivity index (χ4n) is 5.68. The van der Waals surface area contributed by atoms with Crippen LogP contribution in [0.5, 0.6) is 0 Å². The van der Waals surface area contributed by atoms with Crippen molar-refractivity contribution in [1.82, 2.24) is 24.3 Å². The molecule has 2 saturated heterocycles. The molecule has 220 valence electrons. The van der Waals surface area contributed by atoms with Crippen molar-refractivity contribution in [2.75, 3.05) is 26.2 Å². The highest BCUT2D eigenvalue weighted by Gasteiger charge is 2.35. The number of likely N-dealkylation sites (tertiary alicyclic amines) is 1. The lowest BCUT2D eigenvalue weighted by Gasteiger charge is -2.38. The van der Waals surface area contributed by atoms with Crippen molar-refractivity contribution in [3.8, 4) is 5.69 Å². The Morgan fingerprint density at radius 3 is 2.43 bits per heavy atom. The molecule has 2 aromatic heterocycles. The number of halogens is 2. The van der Waals surface area contributed by atoms with Crippen molar-refractivity contribution in [2.45, 2.75) is 50.5 Å². The molecule has 0 spiro atoms. The van der Waals surface area contributed by atoms with Gasteiger partial charge in [-0.25, -0.2) is 4.98 Å². The van der Waals surface area contributed by atoms with Gasteiger partial charge >= 0.3 is 0 Å². The number of amides is 1. The number of aromatic nitrogens is 3. The minimum absolute atomic E-state index is 0.0719. The van der Waals surface area contributed by atoms with Crippen LogP contribution in [-0.2, 0) is 11.3 Å². The third-order valence-corrected chi connectivity index (χ3v) is 8.78. The summed E-state index contributed by atoms with van der Waals surface area (Å²) in [4.78, 5) is 32.6. The first-order valence-corrected chi connectivity index (χ1v) is 14.8. The first-order valence-electron chi connectivity index (χ1n) is 14.0. The zero-order valence-corrected chi connectivity index (χ0v) is 25.0. The molecule has 2 aliphatic heterocycles. The van der Waals surface area contributed by atoms with E-state index in [1.165, 1.54) is 10.9 Å². The molecule has 4 heterocycles. The van der Waals surface area contributed by atoms with E-state index in [0.717, 1.165) is 17.8 Å². The molecule has 0 aliphatic carbocycles. The Kier molecular flexibility index (Phi) is 7.66. The van der Waals surface area contributed by atoms with Crippen LogP contribution in [0.25, 0.3) is 16.7 Å². The lowest BCUT2D eigenvalue weighted by Crippen LogP contribution is -2.49. The number of rotatable bonds is 5. The van der Waals surface area contributed by atoms with E-state index in [1.54, 1.807) is 39.8 Å². The Morgan fingerprint density at radius 1 is 1.10 bits per heavy atom. The number of benzene rings is 2. The van der Waals surface area contributed by atoms with Crippen molar-refractivity contribution in [3.63, 3.8) is 0 Å². The van der Waals surface area contributed by atoms with E-state index >= 15 is 0 Å². The van der Waals surface area contributed by atoms with Crippen LogP contribution in [0.1, 0.15) is 48.7 Å². The summed E-state index contributed by atoms with van der Waals surface area (Å²) in [5, 5.41) is 16.2. The summed E-state index contributed by atoms with van der Waals surface area (Å²) >= 11 is 12.6. The van der Waals surface area contributed by atoms with Crippen molar-refractivity contribution < 1.29 is 14.6 Å². The van der Waals surface area contributed by atoms with Crippen molar-refractivity contribution >= 4 is 40.1 Å². The van der Waals surface area contributed by atoms with Crippen LogP contribution in [-0.4, -0.2) is 67.5 Å². The van der Waals surface area contributed by atoms with Gasteiger partial charge in [0.05, 0.1) is 35.8 Å². The van der Waals surface area contributed by atoms with Gasteiger partial charge in [-0.3, -0.25) is 18.7 Å². The number of aliphatic hydroxyl groups is 1. The number of nitrogens with zero attached hydrogens (tertiary/aromatic N) is 4. The second kappa shape index (κ2) is 11.1. The summed E-state index contributed by atoms with van der Waals surface area (Å²) in [7, 11) is 0. The lowest BCUT2D eigenvalue weighted by atomic mass is 9.91. The molecule has 11 heteroatoms. The van der Waals surface area contributed by atoms with Gasteiger partial charge < -0.3 is 20.1 Å². The molecule has 0 radical (unpaired) electrons. The highest BCUT2D eigenvalue weighted by atomic mass is 35.5. The molecule has 0 saturated carbocycles. The monoisotopic (exact) mass is 609 g/mol. The van der Waals surface area contributed by atoms with E-state index in [0.29, 0.717) is 59.3 Å². The first kappa shape index (κ1) is 28.9. The summed E-state index contributed by atoms with van der Waals surface area (Å²) in [5.41, 5.74) is 1.28. The van der Waals surface area contributed by atoms with Gasteiger partial charge in [-0.15, -0.1) is 0 Å². The number of ether oxygens (including phenoxy) is 1. The van der Waals surface area contributed by atoms with Crippen LogP contribution in [0, 0.1) is 0 Å². The van der Waals surface area contributed by atoms with E-state index in [-0.39, 0.29) is 29.7 Å². The van der Waals surface area contributed by atoms with Gasteiger partial charge in [0.1, 0.15) is 11.5 Å². The molecule has 4 aromatic rings. The largest absolute Gasteiger partial charge is 0.388 e. The normalized spacial score (nSPS) is 20.1. The van der Waals surface area contributed by atoms with Gasteiger partial charge in [-0.2, -0.15) is 0 Å². The Balaban J connectivity index is 1.17. The Morgan fingerprint density at radius 2 is 1.79 bits per heavy atom. The Labute approximate surface area is 253 Å². The second-order valence-electron chi connectivity index (χ2n) is 11.8. The lowest BCUT2D eigenvalue weighted by molar-refractivity contribution is -0.0586. The Bertz CT molecular complexity index is 1660. The molecule has 6 rings (SSSR count). The summed E-state index contributed by atoms with van der Waals surface area (Å²) in [6.07, 6.45) is 2.13. The zero-order valence-electron chi connectivity index (χ0n) is 23.5. The van der Waals surface area contributed by atoms with Crippen LogP contribution >= 0.6 is 23.2 Å². The maximum Gasteiger partial charge on any atom is 0.262 e. The number of hydrogen-bond donors (Lipinski definition) is 2. The average Bonchev–Trinajstić information content (AvgIpc) is 3.31. The topological polar surface area (TPSA) is 102 Å². The highest BCUT2D eigenvalue weighted by Crippen LogP contribution is 2.29. The maximum atomic E-state index is 13.5. The second-order valence-corrected chi connectivity index (χ2v) is 12.7. The van der Waals surface area contributed by atoms with Crippen LogP contribution in [0.15, 0.2) is 65.7 Å².